The first-order chi connectivity index (χ1) is 13.5. The summed E-state index contributed by atoms with van der Waals surface area (Å²) >= 11 is 0. The lowest BCUT2D eigenvalue weighted by Gasteiger charge is -2.29. The monoisotopic (exact) mass is 376 g/mol. The molecule has 0 saturated heterocycles. The molecule has 144 valence electrons. The Kier molecular flexibility index (Phi) is 4.63. The van der Waals surface area contributed by atoms with E-state index in [1.54, 1.807) is 7.11 Å². The van der Waals surface area contributed by atoms with E-state index in [-0.39, 0.29) is 5.91 Å². The fraction of sp³-hybridized carbons (Fsp3) is 0.318. The molecule has 6 nitrogen and oxygen atoms in total. The van der Waals surface area contributed by atoms with Crippen molar-refractivity contribution >= 4 is 11.6 Å². The molecule has 2 aromatic heterocycles. The zero-order valence-electron chi connectivity index (χ0n) is 16.7. The third-order valence-corrected chi connectivity index (χ3v) is 5.49. The molecule has 0 atom stereocenters. The van der Waals surface area contributed by atoms with Crippen molar-refractivity contribution in [1.29, 1.82) is 0 Å². The zero-order valence-corrected chi connectivity index (χ0v) is 16.7. The van der Waals surface area contributed by atoms with Crippen LogP contribution in [-0.2, 0) is 24.8 Å². The third kappa shape index (κ3) is 3.15. The van der Waals surface area contributed by atoms with E-state index in [0.29, 0.717) is 19.4 Å². The Hall–Kier alpha value is -3.15. The first-order valence-corrected chi connectivity index (χ1v) is 9.40. The number of benzene rings is 1. The number of hydrogen-bond donors (Lipinski definition) is 0. The molecule has 28 heavy (non-hydrogen) atoms. The first kappa shape index (κ1) is 18.2. The normalized spacial score (nSPS) is 13.6. The van der Waals surface area contributed by atoms with Gasteiger partial charge in [0.25, 0.3) is 0 Å². The van der Waals surface area contributed by atoms with E-state index in [1.807, 2.05) is 60.9 Å². The van der Waals surface area contributed by atoms with Gasteiger partial charge in [-0.15, -0.1) is 0 Å². The van der Waals surface area contributed by atoms with Gasteiger partial charge in [0.1, 0.15) is 5.75 Å². The summed E-state index contributed by atoms with van der Waals surface area (Å²) in [5.41, 5.74) is 6.96. The predicted octanol–water partition coefficient (Wildman–Crippen LogP) is 3.59. The summed E-state index contributed by atoms with van der Waals surface area (Å²) in [6, 6.07) is 9.94. The molecule has 0 saturated carbocycles. The molecule has 3 heterocycles. The molecule has 0 aliphatic carbocycles. The second-order valence-electron chi connectivity index (χ2n) is 7.17. The highest BCUT2D eigenvalue weighted by atomic mass is 16.5. The molecule has 1 aromatic carbocycles. The van der Waals surface area contributed by atoms with Gasteiger partial charge in [-0.2, -0.15) is 5.10 Å². The number of aromatic nitrogens is 3. The average molecular weight is 376 g/mol. The van der Waals surface area contributed by atoms with E-state index in [0.717, 1.165) is 45.2 Å². The zero-order chi connectivity index (χ0) is 19.8. The number of carbonyl (C=O) groups is 1. The lowest BCUT2D eigenvalue weighted by atomic mass is 10.0. The molecular weight excluding hydrogens is 352 g/mol. The second-order valence-corrected chi connectivity index (χ2v) is 7.17. The Morgan fingerprint density at radius 1 is 1.14 bits per heavy atom. The lowest BCUT2D eigenvalue weighted by molar-refractivity contribution is -0.119. The first-order valence-electron chi connectivity index (χ1n) is 9.40. The fourth-order valence-corrected chi connectivity index (χ4v) is 3.74. The largest absolute Gasteiger partial charge is 0.497 e. The number of nitrogens with zero attached hydrogens (tertiary/aromatic N) is 4. The van der Waals surface area contributed by atoms with Crippen molar-refractivity contribution in [3.05, 3.63) is 59.2 Å². The van der Waals surface area contributed by atoms with Crippen molar-refractivity contribution in [2.24, 2.45) is 7.05 Å². The fourth-order valence-electron chi connectivity index (χ4n) is 3.74. The average Bonchev–Trinajstić information content (AvgIpc) is 2.95. The number of hydrogen-bond acceptors (Lipinski definition) is 4. The summed E-state index contributed by atoms with van der Waals surface area (Å²) in [7, 11) is 3.59. The minimum absolute atomic E-state index is 0.125. The molecule has 0 radical (unpaired) electrons. The highest BCUT2D eigenvalue weighted by Crippen LogP contribution is 2.33. The third-order valence-electron chi connectivity index (χ3n) is 5.49. The predicted molar refractivity (Wildman–Crippen MR) is 108 cm³/mol. The number of carbonyl (C=O) groups excluding carboxylic acids is 1. The van der Waals surface area contributed by atoms with Crippen molar-refractivity contribution in [3.8, 4) is 16.9 Å². The SMILES string of the molecule is COc1cccc(-c2cnc3c(c2)N(Cc2c(C)nn(C)c2C)C(=O)CC3)c1. The maximum absolute atomic E-state index is 12.8. The number of rotatable bonds is 4. The van der Waals surface area contributed by atoms with Crippen LogP contribution in [0.3, 0.4) is 0 Å². The maximum atomic E-state index is 12.8. The standard InChI is InChI=1S/C22H24N4O2/c1-14-19(15(2)25(3)24-14)13-26-21-11-17(12-23-20(21)8-9-22(26)27)16-6-5-7-18(10-16)28-4/h5-7,10-12H,8-9,13H2,1-4H3. The minimum atomic E-state index is 0.125. The van der Waals surface area contributed by atoms with Gasteiger partial charge in [-0.3, -0.25) is 14.5 Å². The number of anilines is 1. The lowest BCUT2D eigenvalue weighted by Crippen LogP contribution is -2.35. The van der Waals surface area contributed by atoms with Crippen molar-refractivity contribution in [1.82, 2.24) is 14.8 Å². The van der Waals surface area contributed by atoms with Crippen LogP contribution < -0.4 is 9.64 Å². The van der Waals surface area contributed by atoms with E-state index in [4.69, 9.17) is 4.74 Å². The van der Waals surface area contributed by atoms with Crippen LogP contribution in [0.1, 0.15) is 29.1 Å². The van der Waals surface area contributed by atoms with Gasteiger partial charge in [0.15, 0.2) is 0 Å². The number of amides is 1. The Morgan fingerprint density at radius 2 is 1.96 bits per heavy atom. The van der Waals surface area contributed by atoms with Gasteiger partial charge in [-0.1, -0.05) is 12.1 Å². The van der Waals surface area contributed by atoms with Gasteiger partial charge in [0.2, 0.25) is 5.91 Å². The highest BCUT2D eigenvalue weighted by Gasteiger charge is 2.27. The van der Waals surface area contributed by atoms with Crippen molar-refractivity contribution in [2.75, 3.05) is 12.0 Å². The van der Waals surface area contributed by atoms with Gasteiger partial charge in [-0.25, -0.2) is 0 Å². The van der Waals surface area contributed by atoms with Crippen LogP contribution in [0.25, 0.3) is 11.1 Å². The van der Waals surface area contributed by atoms with Crippen LogP contribution in [0.2, 0.25) is 0 Å². The van der Waals surface area contributed by atoms with E-state index in [9.17, 15) is 4.79 Å². The van der Waals surface area contributed by atoms with Crippen LogP contribution in [0.4, 0.5) is 5.69 Å². The van der Waals surface area contributed by atoms with Crippen molar-refractivity contribution < 1.29 is 9.53 Å². The molecule has 1 aliphatic heterocycles. The summed E-state index contributed by atoms with van der Waals surface area (Å²) in [6.45, 7) is 4.54. The summed E-state index contributed by atoms with van der Waals surface area (Å²) in [6.07, 6.45) is 3.03. The topological polar surface area (TPSA) is 60.2 Å². The van der Waals surface area contributed by atoms with E-state index in [2.05, 4.69) is 16.1 Å². The number of methoxy groups -OCH3 is 1. The molecule has 4 rings (SSSR count). The minimum Gasteiger partial charge on any atom is -0.497 e. The van der Waals surface area contributed by atoms with Crippen molar-refractivity contribution in [3.63, 3.8) is 0 Å². The van der Waals surface area contributed by atoms with Crippen molar-refractivity contribution in [2.45, 2.75) is 33.2 Å². The van der Waals surface area contributed by atoms with E-state index < -0.39 is 0 Å². The Bertz CT molecular complexity index is 1050. The molecule has 0 fully saturated rings. The van der Waals surface area contributed by atoms with E-state index in [1.165, 1.54) is 0 Å². The molecule has 0 unspecified atom stereocenters. The van der Waals surface area contributed by atoms with Gasteiger partial charge < -0.3 is 9.64 Å². The van der Waals surface area contributed by atoms with Crippen LogP contribution in [0.15, 0.2) is 36.5 Å². The highest BCUT2D eigenvalue weighted by molar-refractivity contribution is 5.96. The van der Waals surface area contributed by atoms with Crippen LogP contribution in [0.5, 0.6) is 5.75 Å². The van der Waals surface area contributed by atoms with Crippen LogP contribution in [-0.4, -0.2) is 27.8 Å². The quantitative estimate of drug-likeness (QED) is 0.698. The number of pyridine rings is 1. The Morgan fingerprint density at radius 3 is 2.68 bits per heavy atom. The van der Waals surface area contributed by atoms with Crippen LogP contribution in [0, 0.1) is 13.8 Å². The molecule has 1 aliphatic rings. The summed E-state index contributed by atoms with van der Waals surface area (Å²) < 4.78 is 7.21. The van der Waals surface area contributed by atoms with Gasteiger partial charge >= 0.3 is 0 Å². The molecule has 1 amide bonds. The molecule has 0 spiro atoms. The smallest absolute Gasteiger partial charge is 0.227 e. The molecule has 0 N–H and O–H groups in total. The number of ether oxygens (including phenoxy) is 1. The van der Waals surface area contributed by atoms with Gasteiger partial charge in [0, 0.05) is 42.9 Å². The summed E-state index contributed by atoms with van der Waals surface area (Å²) in [5, 5.41) is 4.49. The molecular formula is C22H24N4O2. The Labute approximate surface area is 164 Å². The van der Waals surface area contributed by atoms with E-state index >= 15 is 0 Å². The molecule has 3 aromatic rings. The van der Waals surface area contributed by atoms with Crippen LogP contribution >= 0.6 is 0 Å². The number of fused-ring (bicyclic) bond motifs is 1. The summed E-state index contributed by atoms with van der Waals surface area (Å²) in [5.74, 6) is 0.921. The maximum Gasteiger partial charge on any atom is 0.227 e. The van der Waals surface area contributed by atoms with Gasteiger partial charge in [0.05, 0.1) is 30.7 Å². The molecule has 0 bridgehead atoms. The van der Waals surface area contributed by atoms with Gasteiger partial charge in [-0.05, 0) is 37.6 Å². The second kappa shape index (κ2) is 7.11. The molecule has 6 heteroatoms. The Balaban J connectivity index is 1.75. The summed E-state index contributed by atoms with van der Waals surface area (Å²) in [4.78, 5) is 19.3. The number of aryl methyl sites for hydroxylation is 3.